The summed E-state index contributed by atoms with van der Waals surface area (Å²) in [4.78, 5) is 22.4. The van der Waals surface area contributed by atoms with Crippen molar-refractivity contribution in [3.8, 4) is 0 Å². The van der Waals surface area contributed by atoms with Crippen molar-refractivity contribution in [2.45, 2.75) is 122 Å². The Bertz CT molecular complexity index is 684. The van der Waals surface area contributed by atoms with Crippen molar-refractivity contribution in [2.24, 2.45) is 5.92 Å². The Morgan fingerprint density at radius 3 is 1.84 bits per heavy atom. The third-order valence-corrected chi connectivity index (χ3v) is 6.56. The standard InChI is InChI=1S/C31H58N2O5/c1-27(2)24-28(30(36)37)32-23-21-19-17-15-13-11-9-7-6-8-10-12-14-16-18-20-22-31(38,25-29(34)35)26-33(3,4)5/h6-7,11,13,27-28,32,38H,8-10,12,14-26H2,1-5H3,(H-,34,35,36,37)/p+1/b7-6-,13-11-/t28-,31?/m0/s1. The molecule has 0 aromatic carbocycles. The fraction of sp³-hybridized carbons (Fsp3) is 0.806. The first-order chi connectivity index (χ1) is 17.8. The van der Waals surface area contributed by atoms with E-state index in [0.717, 1.165) is 64.3 Å². The van der Waals surface area contributed by atoms with E-state index in [4.69, 9.17) is 5.11 Å². The zero-order chi connectivity index (χ0) is 28.9. The van der Waals surface area contributed by atoms with Crippen LogP contribution in [0.1, 0.15) is 110 Å². The number of carboxylic acids is 2. The van der Waals surface area contributed by atoms with Crippen LogP contribution in [0.3, 0.4) is 0 Å². The summed E-state index contributed by atoms with van der Waals surface area (Å²) < 4.78 is 0.557. The van der Waals surface area contributed by atoms with Crippen molar-refractivity contribution < 1.29 is 29.4 Å². The van der Waals surface area contributed by atoms with Crippen LogP contribution in [0.2, 0.25) is 0 Å². The fourth-order valence-electron chi connectivity index (χ4n) is 4.90. The number of nitrogens with one attached hydrogen (secondary N) is 1. The lowest BCUT2D eigenvalue weighted by Gasteiger charge is -2.34. The molecule has 0 aliphatic heterocycles. The number of aliphatic hydroxyl groups is 1. The fourth-order valence-corrected chi connectivity index (χ4v) is 4.90. The maximum absolute atomic E-state index is 11.2. The van der Waals surface area contributed by atoms with Gasteiger partial charge < -0.3 is 25.1 Å². The molecule has 0 spiro atoms. The summed E-state index contributed by atoms with van der Waals surface area (Å²) in [5.74, 6) is -1.30. The molecule has 2 atom stereocenters. The Balaban J connectivity index is 3.70. The molecule has 0 aromatic rings. The van der Waals surface area contributed by atoms with Gasteiger partial charge in [-0.25, -0.2) is 0 Å². The van der Waals surface area contributed by atoms with Crippen LogP contribution in [0.25, 0.3) is 0 Å². The smallest absolute Gasteiger partial charge is 0.320 e. The number of likely N-dealkylation sites (N-methyl/N-ethyl adjacent to an activating group) is 1. The predicted octanol–water partition coefficient (Wildman–Crippen LogP) is 6.17. The second-order valence-electron chi connectivity index (χ2n) is 12.4. The molecule has 0 saturated heterocycles. The first-order valence-electron chi connectivity index (χ1n) is 14.9. The summed E-state index contributed by atoms with van der Waals surface area (Å²) in [6, 6.07) is -0.427. The molecule has 0 amide bonds. The number of allylic oxidation sites excluding steroid dienone is 4. The molecule has 38 heavy (non-hydrogen) atoms. The van der Waals surface area contributed by atoms with E-state index in [-0.39, 0.29) is 6.42 Å². The summed E-state index contributed by atoms with van der Waals surface area (Å²) in [5, 5.41) is 32.3. The predicted molar refractivity (Wildman–Crippen MR) is 157 cm³/mol. The third-order valence-electron chi connectivity index (χ3n) is 6.56. The van der Waals surface area contributed by atoms with Crippen LogP contribution < -0.4 is 5.32 Å². The number of carboxylic acid groups (broad SMARTS) is 2. The number of hydrogen-bond acceptors (Lipinski definition) is 4. The highest BCUT2D eigenvalue weighted by atomic mass is 16.4. The van der Waals surface area contributed by atoms with Gasteiger partial charge in [0, 0.05) is 0 Å². The zero-order valence-corrected chi connectivity index (χ0v) is 25.1. The lowest BCUT2D eigenvalue weighted by Crippen LogP contribution is -2.50. The van der Waals surface area contributed by atoms with Crippen LogP contribution in [0, 0.1) is 5.92 Å². The molecule has 222 valence electrons. The SMILES string of the molecule is CC(C)C[C@H](NCCCCC/C=C\C/C=C\CCCCCCCCC(O)(CC(=O)O)C[N+](C)(C)C)C(=O)O. The van der Waals surface area contributed by atoms with Gasteiger partial charge in [0.2, 0.25) is 0 Å². The number of unbranched alkanes of at least 4 members (excludes halogenated alkanes) is 9. The van der Waals surface area contributed by atoms with Gasteiger partial charge in [0.25, 0.3) is 0 Å². The quantitative estimate of drug-likeness (QED) is 0.0628. The van der Waals surface area contributed by atoms with Gasteiger partial charge in [0.15, 0.2) is 0 Å². The summed E-state index contributed by atoms with van der Waals surface area (Å²) in [5.41, 5.74) is -1.12. The first kappa shape index (κ1) is 36.3. The Hall–Kier alpha value is -1.70. The molecule has 0 fully saturated rings. The number of aliphatic carboxylic acids is 2. The summed E-state index contributed by atoms with van der Waals surface area (Å²) in [7, 11) is 5.94. The molecule has 0 saturated carbocycles. The van der Waals surface area contributed by atoms with Crippen molar-refractivity contribution in [1.82, 2.24) is 5.32 Å². The molecule has 1 unspecified atom stereocenters. The number of rotatable bonds is 25. The van der Waals surface area contributed by atoms with E-state index in [1.54, 1.807) is 0 Å². The molecule has 4 N–H and O–H groups in total. The topological polar surface area (TPSA) is 107 Å². The van der Waals surface area contributed by atoms with Crippen molar-refractivity contribution in [1.29, 1.82) is 0 Å². The van der Waals surface area contributed by atoms with E-state index in [2.05, 4.69) is 29.6 Å². The Morgan fingerprint density at radius 2 is 1.34 bits per heavy atom. The number of nitrogens with zero attached hydrogens (tertiary/aromatic N) is 1. The number of carbonyl (C=O) groups is 2. The minimum atomic E-state index is -1.12. The summed E-state index contributed by atoms with van der Waals surface area (Å²) >= 11 is 0. The second kappa shape index (κ2) is 21.2. The molecule has 7 heteroatoms. The summed E-state index contributed by atoms with van der Waals surface area (Å²) in [6.07, 6.45) is 23.1. The van der Waals surface area contributed by atoms with Gasteiger partial charge in [-0.2, -0.15) is 0 Å². The lowest BCUT2D eigenvalue weighted by molar-refractivity contribution is -0.877. The third kappa shape index (κ3) is 23.4. The first-order valence-corrected chi connectivity index (χ1v) is 14.9. The van der Waals surface area contributed by atoms with Gasteiger partial charge >= 0.3 is 11.9 Å². The van der Waals surface area contributed by atoms with E-state index in [9.17, 15) is 19.8 Å². The normalized spacial score (nSPS) is 14.9. The molecule has 0 heterocycles. The number of hydrogen-bond donors (Lipinski definition) is 4. The van der Waals surface area contributed by atoms with Crippen LogP contribution in [0.5, 0.6) is 0 Å². The van der Waals surface area contributed by atoms with Crippen LogP contribution in [0.15, 0.2) is 24.3 Å². The molecule has 7 nitrogen and oxygen atoms in total. The van der Waals surface area contributed by atoms with Gasteiger partial charge in [0.05, 0.1) is 27.6 Å². The molecular weight excluding hydrogens is 480 g/mol. The highest BCUT2D eigenvalue weighted by Gasteiger charge is 2.35. The van der Waals surface area contributed by atoms with Crippen LogP contribution in [-0.2, 0) is 9.59 Å². The van der Waals surface area contributed by atoms with Gasteiger partial charge in [0.1, 0.15) is 18.2 Å². The van der Waals surface area contributed by atoms with Crippen LogP contribution >= 0.6 is 0 Å². The van der Waals surface area contributed by atoms with Crippen LogP contribution in [-0.4, -0.2) is 77.6 Å². The maximum atomic E-state index is 11.2. The minimum absolute atomic E-state index is 0.184. The van der Waals surface area contributed by atoms with Crippen molar-refractivity contribution >= 4 is 11.9 Å². The lowest BCUT2D eigenvalue weighted by atomic mass is 9.91. The monoisotopic (exact) mass is 539 g/mol. The van der Waals surface area contributed by atoms with E-state index >= 15 is 0 Å². The second-order valence-corrected chi connectivity index (χ2v) is 12.4. The number of quaternary nitrogens is 1. The zero-order valence-electron chi connectivity index (χ0n) is 25.1. The minimum Gasteiger partial charge on any atom is -0.481 e. The molecule has 0 aromatic heterocycles. The van der Waals surface area contributed by atoms with E-state index in [1.807, 2.05) is 35.0 Å². The average molecular weight is 540 g/mol. The maximum Gasteiger partial charge on any atom is 0.320 e. The summed E-state index contributed by atoms with van der Waals surface area (Å²) in [6.45, 7) is 5.32. The van der Waals surface area contributed by atoms with Gasteiger partial charge in [-0.05, 0) is 63.8 Å². The van der Waals surface area contributed by atoms with Crippen LogP contribution in [0.4, 0.5) is 0 Å². The Labute approximate surface area is 233 Å². The van der Waals surface area contributed by atoms with E-state index < -0.39 is 23.6 Å². The van der Waals surface area contributed by atoms with E-state index in [0.29, 0.717) is 29.8 Å². The molecule has 0 rings (SSSR count). The largest absolute Gasteiger partial charge is 0.481 e. The van der Waals surface area contributed by atoms with Crippen molar-refractivity contribution in [3.05, 3.63) is 24.3 Å². The molecule has 0 radical (unpaired) electrons. The average Bonchev–Trinajstić information content (AvgIpc) is 2.77. The highest BCUT2D eigenvalue weighted by molar-refractivity contribution is 5.73. The molecule has 0 aliphatic carbocycles. The Kier molecular flexibility index (Phi) is 20.2. The van der Waals surface area contributed by atoms with Gasteiger partial charge in [-0.3, -0.25) is 9.59 Å². The van der Waals surface area contributed by atoms with Crippen molar-refractivity contribution in [2.75, 3.05) is 34.2 Å². The highest BCUT2D eigenvalue weighted by Crippen LogP contribution is 2.23. The van der Waals surface area contributed by atoms with E-state index in [1.165, 1.54) is 19.3 Å². The molecule has 0 aliphatic rings. The van der Waals surface area contributed by atoms with Gasteiger partial charge in [-0.15, -0.1) is 0 Å². The molecule has 0 bridgehead atoms. The van der Waals surface area contributed by atoms with Crippen molar-refractivity contribution in [3.63, 3.8) is 0 Å². The Morgan fingerprint density at radius 1 is 0.816 bits per heavy atom. The van der Waals surface area contributed by atoms with Gasteiger partial charge in [-0.1, -0.05) is 76.7 Å². The molecular formula is C31H59N2O5+.